The van der Waals surface area contributed by atoms with E-state index in [4.69, 9.17) is 10.00 Å². The molecule has 0 bridgehead atoms. The molecule has 0 spiro atoms. The van der Waals surface area contributed by atoms with Crippen LogP contribution < -0.4 is 4.74 Å². The number of aryl methyl sites for hydroxylation is 1. The van der Waals surface area contributed by atoms with E-state index in [2.05, 4.69) is 15.9 Å². The van der Waals surface area contributed by atoms with Gasteiger partial charge in [-0.2, -0.15) is 5.26 Å². The SMILES string of the molecule is Cc1cc(Br)cc(C=O)c1OCC#N. The standard InChI is InChI=1S/C10H8BrNO2/c1-7-4-9(11)5-8(6-13)10(7)14-3-2-12/h4-6H,3H2,1H3. The Bertz CT molecular complexity index is 396. The number of carbonyl (C=O) groups is 1. The molecule has 3 nitrogen and oxygen atoms in total. The molecule has 0 fully saturated rings. The lowest BCUT2D eigenvalue weighted by Crippen LogP contribution is -1.99. The lowest BCUT2D eigenvalue weighted by Gasteiger charge is -2.08. The van der Waals surface area contributed by atoms with Crippen molar-refractivity contribution in [1.29, 1.82) is 5.26 Å². The second kappa shape index (κ2) is 4.77. The van der Waals surface area contributed by atoms with Crippen LogP contribution in [0.1, 0.15) is 15.9 Å². The monoisotopic (exact) mass is 253 g/mol. The topological polar surface area (TPSA) is 50.1 Å². The van der Waals surface area contributed by atoms with E-state index in [9.17, 15) is 4.79 Å². The van der Waals surface area contributed by atoms with E-state index in [1.807, 2.05) is 19.1 Å². The summed E-state index contributed by atoms with van der Waals surface area (Å²) in [5.74, 6) is 0.477. The molecule has 1 aromatic rings. The van der Waals surface area contributed by atoms with Gasteiger partial charge in [-0.05, 0) is 24.6 Å². The van der Waals surface area contributed by atoms with Gasteiger partial charge in [0.05, 0.1) is 5.56 Å². The van der Waals surface area contributed by atoms with Crippen LogP contribution in [-0.4, -0.2) is 12.9 Å². The minimum Gasteiger partial charge on any atom is -0.478 e. The fourth-order valence-electron chi connectivity index (χ4n) is 1.14. The third-order valence-electron chi connectivity index (χ3n) is 1.68. The van der Waals surface area contributed by atoms with Crippen LogP contribution in [0.4, 0.5) is 0 Å². The smallest absolute Gasteiger partial charge is 0.174 e. The molecule has 0 N–H and O–H groups in total. The maximum Gasteiger partial charge on any atom is 0.174 e. The van der Waals surface area contributed by atoms with Crippen LogP contribution in [0.3, 0.4) is 0 Å². The van der Waals surface area contributed by atoms with Gasteiger partial charge >= 0.3 is 0 Å². The molecule has 0 aliphatic heterocycles. The average molecular weight is 254 g/mol. The minimum atomic E-state index is -0.0523. The van der Waals surface area contributed by atoms with Gasteiger partial charge in [-0.15, -0.1) is 0 Å². The molecule has 1 rings (SSSR count). The summed E-state index contributed by atoms with van der Waals surface area (Å²) < 4.78 is 5.97. The van der Waals surface area contributed by atoms with E-state index in [1.54, 1.807) is 6.07 Å². The molecule has 0 unspecified atom stereocenters. The highest BCUT2D eigenvalue weighted by atomic mass is 79.9. The summed E-state index contributed by atoms with van der Waals surface area (Å²) in [7, 11) is 0. The lowest BCUT2D eigenvalue weighted by molar-refractivity contribution is 0.112. The molecule has 0 saturated heterocycles. The Hall–Kier alpha value is -1.34. The van der Waals surface area contributed by atoms with E-state index in [-0.39, 0.29) is 6.61 Å². The molecular formula is C10H8BrNO2. The number of ether oxygens (including phenoxy) is 1. The van der Waals surface area contributed by atoms with Gasteiger partial charge in [-0.25, -0.2) is 0 Å². The molecule has 0 aliphatic rings. The molecule has 0 atom stereocenters. The maximum absolute atomic E-state index is 10.7. The first-order valence-corrected chi connectivity index (χ1v) is 4.73. The number of hydrogen-bond acceptors (Lipinski definition) is 3. The molecular weight excluding hydrogens is 246 g/mol. The van der Waals surface area contributed by atoms with Crippen molar-refractivity contribution >= 4 is 22.2 Å². The zero-order valence-electron chi connectivity index (χ0n) is 7.58. The first-order valence-electron chi connectivity index (χ1n) is 3.94. The predicted octanol–water partition coefficient (Wildman–Crippen LogP) is 2.47. The average Bonchev–Trinajstić information content (AvgIpc) is 2.15. The Morgan fingerprint density at radius 1 is 1.64 bits per heavy atom. The zero-order valence-corrected chi connectivity index (χ0v) is 9.17. The summed E-state index contributed by atoms with van der Waals surface area (Å²) in [6, 6.07) is 5.35. The molecule has 14 heavy (non-hydrogen) atoms. The molecule has 72 valence electrons. The van der Waals surface area contributed by atoms with Crippen molar-refractivity contribution < 1.29 is 9.53 Å². The molecule has 0 saturated carbocycles. The van der Waals surface area contributed by atoms with Gasteiger partial charge in [0.15, 0.2) is 12.9 Å². The molecule has 0 aliphatic carbocycles. The van der Waals surface area contributed by atoms with Gasteiger partial charge in [0.1, 0.15) is 11.8 Å². The Balaban J connectivity index is 3.13. The Kier molecular flexibility index (Phi) is 3.66. The van der Waals surface area contributed by atoms with Crippen molar-refractivity contribution in [3.63, 3.8) is 0 Å². The first-order chi connectivity index (χ1) is 6.69. The first kappa shape index (κ1) is 10.7. The summed E-state index contributed by atoms with van der Waals surface area (Å²) in [6.45, 7) is 1.77. The number of rotatable bonds is 3. The van der Waals surface area contributed by atoms with Gasteiger partial charge in [-0.3, -0.25) is 4.79 Å². The molecule has 0 radical (unpaired) electrons. The second-order valence-electron chi connectivity index (χ2n) is 2.71. The van der Waals surface area contributed by atoms with Gasteiger partial charge in [-0.1, -0.05) is 15.9 Å². The number of carbonyl (C=O) groups excluding carboxylic acids is 1. The van der Waals surface area contributed by atoms with Crippen LogP contribution in [0.15, 0.2) is 16.6 Å². The van der Waals surface area contributed by atoms with Gasteiger partial charge in [0.2, 0.25) is 0 Å². The molecule has 0 heterocycles. The molecule has 0 amide bonds. The van der Waals surface area contributed by atoms with Crippen LogP contribution in [0, 0.1) is 18.3 Å². The van der Waals surface area contributed by atoms with E-state index < -0.39 is 0 Å². The van der Waals surface area contributed by atoms with Crippen LogP contribution in [0.2, 0.25) is 0 Å². The van der Waals surface area contributed by atoms with E-state index >= 15 is 0 Å². The quantitative estimate of drug-likeness (QED) is 0.778. The van der Waals surface area contributed by atoms with Crippen LogP contribution in [0.25, 0.3) is 0 Å². The van der Waals surface area contributed by atoms with E-state index in [0.717, 1.165) is 10.0 Å². The molecule has 0 aromatic heterocycles. The third-order valence-corrected chi connectivity index (χ3v) is 2.13. The Labute approximate surface area is 90.4 Å². The number of hydrogen-bond donors (Lipinski definition) is 0. The van der Waals surface area contributed by atoms with Gasteiger partial charge < -0.3 is 4.74 Å². The Morgan fingerprint density at radius 2 is 2.36 bits per heavy atom. The van der Waals surface area contributed by atoms with E-state index in [1.165, 1.54) is 0 Å². The summed E-state index contributed by atoms with van der Waals surface area (Å²) >= 11 is 3.28. The maximum atomic E-state index is 10.7. The number of nitriles is 1. The van der Waals surface area contributed by atoms with E-state index in [0.29, 0.717) is 17.6 Å². The summed E-state index contributed by atoms with van der Waals surface area (Å²) in [5.41, 5.74) is 1.28. The van der Waals surface area contributed by atoms with Crippen molar-refractivity contribution in [2.75, 3.05) is 6.61 Å². The lowest BCUT2D eigenvalue weighted by atomic mass is 10.1. The fourth-order valence-corrected chi connectivity index (χ4v) is 1.73. The number of halogens is 1. The van der Waals surface area contributed by atoms with Crippen molar-refractivity contribution in [3.05, 3.63) is 27.7 Å². The summed E-state index contributed by atoms with van der Waals surface area (Å²) in [4.78, 5) is 10.7. The summed E-state index contributed by atoms with van der Waals surface area (Å²) in [6.07, 6.45) is 0.713. The highest BCUT2D eigenvalue weighted by Gasteiger charge is 2.07. The van der Waals surface area contributed by atoms with Crippen molar-refractivity contribution in [3.8, 4) is 11.8 Å². The minimum absolute atomic E-state index is 0.0523. The van der Waals surface area contributed by atoms with Gasteiger partial charge in [0.25, 0.3) is 0 Å². The van der Waals surface area contributed by atoms with Gasteiger partial charge in [0, 0.05) is 4.47 Å². The normalized spacial score (nSPS) is 9.21. The fraction of sp³-hybridized carbons (Fsp3) is 0.200. The molecule has 4 heteroatoms. The van der Waals surface area contributed by atoms with Crippen LogP contribution in [-0.2, 0) is 0 Å². The highest BCUT2D eigenvalue weighted by Crippen LogP contribution is 2.26. The van der Waals surface area contributed by atoms with Crippen molar-refractivity contribution in [1.82, 2.24) is 0 Å². The summed E-state index contributed by atoms with van der Waals surface area (Å²) in [5, 5.41) is 8.36. The zero-order chi connectivity index (χ0) is 10.6. The number of aldehydes is 1. The van der Waals surface area contributed by atoms with Crippen LogP contribution >= 0.6 is 15.9 Å². The predicted molar refractivity (Wildman–Crippen MR) is 55.4 cm³/mol. The number of nitrogens with zero attached hydrogens (tertiary/aromatic N) is 1. The number of benzene rings is 1. The largest absolute Gasteiger partial charge is 0.478 e. The third kappa shape index (κ3) is 2.33. The van der Waals surface area contributed by atoms with Crippen molar-refractivity contribution in [2.45, 2.75) is 6.92 Å². The Morgan fingerprint density at radius 3 is 2.93 bits per heavy atom. The highest BCUT2D eigenvalue weighted by molar-refractivity contribution is 9.10. The van der Waals surface area contributed by atoms with Crippen LogP contribution in [0.5, 0.6) is 5.75 Å². The molecule has 1 aromatic carbocycles. The van der Waals surface area contributed by atoms with Crippen molar-refractivity contribution in [2.24, 2.45) is 0 Å². The second-order valence-corrected chi connectivity index (χ2v) is 3.62.